The number of rotatable bonds is 1. The molecule has 0 bridgehead atoms. The lowest BCUT2D eigenvalue weighted by molar-refractivity contribution is -0.132. The topological polar surface area (TPSA) is 41.7 Å². The molecular formula is C15H9NO2S. The summed E-state index contributed by atoms with van der Waals surface area (Å²) in [5, 5.41) is 9.22. The SMILES string of the molecule is [C-]#[N+]/C(C(=O)O)=C1/c2ccccc2-c2cc(C)sc21. The van der Waals surface area contributed by atoms with Crippen LogP contribution < -0.4 is 0 Å². The van der Waals surface area contributed by atoms with Crippen LogP contribution >= 0.6 is 11.3 Å². The van der Waals surface area contributed by atoms with Gasteiger partial charge in [-0.05, 0) is 29.7 Å². The van der Waals surface area contributed by atoms with Crippen LogP contribution in [-0.4, -0.2) is 11.1 Å². The lowest BCUT2D eigenvalue weighted by atomic mass is 10.0. The molecule has 0 atom stereocenters. The summed E-state index contributed by atoms with van der Waals surface area (Å²) < 4.78 is 0. The summed E-state index contributed by atoms with van der Waals surface area (Å²) >= 11 is 1.54. The zero-order valence-corrected chi connectivity index (χ0v) is 10.9. The predicted octanol–water partition coefficient (Wildman–Crippen LogP) is 3.80. The average molecular weight is 267 g/mol. The van der Waals surface area contributed by atoms with E-state index < -0.39 is 5.97 Å². The fraction of sp³-hybridized carbons (Fsp3) is 0.0667. The van der Waals surface area contributed by atoms with Crippen LogP contribution in [0.4, 0.5) is 0 Å². The molecule has 3 nitrogen and oxygen atoms in total. The Morgan fingerprint density at radius 1 is 1.26 bits per heavy atom. The highest BCUT2D eigenvalue weighted by atomic mass is 32.1. The molecule has 0 amide bonds. The van der Waals surface area contributed by atoms with Crippen molar-refractivity contribution in [3.8, 4) is 11.1 Å². The largest absolute Gasteiger partial charge is 0.486 e. The van der Waals surface area contributed by atoms with Crippen molar-refractivity contribution in [2.24, 2.45) is 0 Å². The fourth-order valence-electron chi connectivity index (χ4n) is 2.40. The quantitative estimate of drug-likeness (QED) is 0.538. The molecule has 1 aliphatic carbocycles. The van der Waals surface area contributed by atoms with Crippen LogP contribution in [0, 0.1) is 13.5 Å². The van der Waals surface area contributed by atoms with Gasteiger partial charge in [-0.15, -0.1) is 11.3 Å². The number of thiophene rings is 1. The second-order valence-corrected chi connectivity index (χ2v) is 5.54. The van der Waals surface area contributed by atoms with Gasteiger partial charge in [0.05, 0.1) is 6.57 Å². The normalized spacial score (nSPS) is 14.5. The summed E-state index contributed by atoms with van der Waals surface area (Å²) in [7, 11) is 0. The maximum absolute atomic E-state index is 11.3. The third-order valence-electron chi connectivity index (χ3n) is 3.12. The first-order chi connectivity index (χ1) is 9.13. The number of carboxylic acids is 1. The number of hydrogen-bond donors (Lipinski definition) is 1. The first-order valence-corrected chi connectivity index (χ1v) is 6.50. The summed E-state index contributed by atoms with van der Waals surface area (Å²) in [6, 6.07) is 9.69. The highest BCUT2D eigenvalue weighted by molar-refractivity contribution is 7.14. The molecule has 0 spiro atoms. The van der Waals surface area contributed by atoms with Crippen molar-refractivity contribution < 1.29 is 9.90 Å². The second-order valence-electron chi connectivity index (χ2n) is 4.29. The van der Waals surface area contributed by atoms with Crippen molar-refractivity contribution in [2.75, 3.05) is 0 Å². The van der Waals surface area contributed by atoms with Gasteiger partial charge in [0.15, 0.2) is 0 Å². The lowest BCUT2D eigenvalue weighted by Gasteiger charge is -2.03. The number of benzene rings is 1. The highest BCUT2D eigenvalue weighted by Crippen LogP contribution is 2.49. The third-order valence-corrected chi connectivity index (χ3v) is 4.19. The molecule has 1 aromatic carbocycles. The Balaban J connectivity index is 2.44. The van der Waals surface area contributed by atoms with Crippen LogP contribution in [0.5, 0.6) is 0 Å². The number of fused-ring (bicyclic) bond motifs is 3. The number of carboxylic acid groups (broad SMARTS) is 1. The zero-order chi connectivity index (χ0) is 13.6. The van der Waals surface area contributed by atoms with Crippen LogP contribution in [-0.2, 0) is 4.79 Å². The Hall–Kier alpha value is -2.38. The molecule has 92 valence electrons. The molecule has 2 aromatic rings. The van der Waals surface area contributed by atoms with E-state index in [4.69, 9.17) is 6.57 Å². The fourth-order valence-corrected chi connectivity index (χ4v) is 3.49. The lowest BCUT2D eigenvalue weighted by Crippen LogP contribution is -1.99. The Morgan fingerprint density at radius 2 is 1.95 bits per heavy atom. The third kappa shape index (κ3) is 1.60. The van der Waals surface area contributed by atoms with Crippen molar-refractivity contribution in [3.63, 3.8) is 0 Å². The van der Waals surface area contributed by atoms with Gasteiger partial charge in [0, 0.05) is 15.3 Å². The van der Waals surface area contributed by atoms with Crippen molar-refractivity contribution in [3.05, 3.63) is 62.8 Å². The average Bonchev–Trinajstić information content (AvgIpc) is 2.88. The van der Waals surface area contributed by atoms with Gasteiger partial charge in [-0.1, -0.05) is 24.3 Å². The number of carbonyl (C=O) groups is 1. The molecular weight excluding hydrogens is 258 g/mol. The maximum Gasteiger partial charge on any atom is 0.334 e. The van der Waals surface area contributed by atoms with Gasteiger partial charge >= 0.3 is 5.97 Å². The van der Waals surface area contributed by atoms with E-state index in [-0.39, 0.29) is 5.70 Å². The Morgan fingerprint density at radius 3 is 2.58 bits per heavy atom. The molecule has 1 heterocycles. The number of hydrogen-bond acceptors (Lipinski definition) is 2. The molecule has 4 heteroatoms. The van der Waals surface area contributed by atoms with Crippen LogP contribution in [0.1, 0.15) is 15.3 Å². The van der Waals surface area contributed by atoms with Crippen molar-refractivity contribution in [1.29, 1.82) is 0 Å². The first kappa shape index (κ1) is 11.7. The molecule has 1 aromatic heterocycles. The molecule has 0 unspecified atom stereocenters. The van der Waals surface area contributed by atoms with Crippen molar-refractivity contribution in [1.82, 2.24) is 0 Å². The van der Waals surface area contributed by atoms with Crippen LogP contribution in [0.2, 0.25) is 0 Å². The zero-order valence-electron chi connectivity index (χ0n) is 10.1. The summed E-state index contributed by atoms with van der Waals surface area (Å²) in [4.78, 5) is 16.5. The molecule has 0 aliphatic heterocycles. The number of nitrogens with zero attached hydrogens (tertiary/aromatic N) is 1. The second kappa shape index (κ2) is 4.08. The molecule has 0 radical (unpaired) electrons. The van der Waals surface area contributed by atoms with E-state index in [1.807, 2.05) is 31.2 Å². The van der Waals surface area contributed by atoms with Gasteiger partial charge in [-0.25, -0.2) is 4.85 Å². The molecule has 0 fully saturated rings. The summed E-state index contributed by atoms with van der Waals surface area (Å²) in [6.07, 6.45) is 0. The molecule has 0 saturated carbocycles. The molecule has 19 heavy (non-hydrogen) atoms. The summed E-state index contributed by atoms with van der Waals surface area (Å²) in [5.41, 5.74) is 3.26. The minimum absolute atomic E-state index is 0.201. The Kier molecular flexibility index (Phi) is 2.51. The smallest absolute Gasteiger partial charge is 0.334 e. The van der Waals surface area contributed by atoms with Crippen LogP contribution in [0.25, 0.3) is 21.5 Å². The van der Waals surface area contributed by atoms with Crippen molar-refractivity contribution in [2.45, 2.75) is 6.92 Å². The van der Waals surface area contributed by atoms with Gasteiger partial charge in [0.1, 0.15) is 0 Å². The van der Waals surface area contributed by atoms with E-state index in [0.29, 0.717) is 5.57 Å². The number of aliphatic carboxylic acids is 1. The van der Waals surface area contributed by atoms with E-state index in [2.05, 4.69) is 10.9 Å². The van der Waals surface area contributed by atoms with E-state index in [1.165, 1.54) is 11.3 Å². The van der Waals surface area contributed by atoms with Gasteiger partial charge in [-0.3, -0.25) is 4.79 Å². The molecule has 1 aliphatic rings. The van der Waals surface area contributed by atoms with Gasteiger partial charge in [0.2, 0.25) is 0 Å². The highest BCUT2D eigenvalue weighted by Gasteiger charge is 2.30. The standard InChI is InChI=1S/C15H9NO2S/c1-8-7-11-9-5-3-4-6-10(9)12(14(11)19-8)13(16-2)15(17)18/h3-7H,1H3,(H,17,18)/b13-12-. The summed E-state index contributed by atoms with van der Waals surface area (Å²) in [5.74, 6) is -1.17. The van der Waals surface area contributed by atoms with Gasteiger partial charge < -0.3 is 5.11 Å². The van der Waals surface area contributed by atoms with E-state index >= 15 is 0 Å². The van der Waals surface area contributed by atoms with Crippen LogP contribution in [0.3, 0.4) is 0 Å². The van der Waals surface area contributed by atoms with E-state index in [0.717, 1.165) is 26.4 Å². The molecule has 1 N–H and O–H groups in total. The van der Waals surface area contributed by atoms with Gasteiger partial charge in [-0.2, -0.15) is 0 Å². The van der Waals surface area contributed by atoms with E-state index in [9.17, 15) is 9.90 Å². The van der Waals surface area contributed by atoms with Crippen LogP contribution in [0.15, 0.2) is 36.0 Å². The molecule has 3 rings (SSSR count). The molecule has 0 saturated heterocycles. The van der Waals surface area contributed by atoms with E-state index in [1.54, 1.807) is 0 Å². The minimum atomic E-state index is -1.17. The summed E-state index contributed by atoms with van der Waals surface area (Å²) in [6.45, 7) is 9.12. The Labute approximate surface area is 114 Å². The maximum atomic E-state index is 11.3. The Bertz CT molecular complexity index is 778. The van der Waals surface area contributed by atoms with Crippen molar-refractivity contribution >= 4 is 22.9 Å². The first-order valence-electron chi connectivity index (χ1n) is 5.69. The number of aryl methyl sites for hydroxylation is 1. The monoisotopic (exact) mass is 267 g/mol. The van der Waals surface area contributed by atoms with Gasteiger partial charge in [0.25, 0.3) is 5.70 Å². The predicted molar refractivity (Wildman–Crippen MR) is 74.8 cm³/mol. The minimum Gasteiger partial charge on any atom is -0.486 e.